The van der Waals surface area contributed by atoms with E-state index in [1.165, 1.54) is 22.5 Å². The van der Waals surface area contributed by atoms with Gasteiger partial charge < -0.3 is 10.6 Å². The van der Waals surface area contributed by atoms with Crippen LogP contribution in [0.15, 0.2) is 54.0 Å². The number of hydrogen-bond donors (Lipinski definition) is 1. The van der Waals surface area contributed by atoms with Crippen molar-refractivity contribution in [1.29, 1.82) is 0 Å². The summed E-state index contributed by atoms with van der Waals surface area (Å²) in [7, 11) is 4.03. The molecule has 0 unspecified atom stereocenters. The number of nitrogen functional groups attached to an aromatic ring is 1. The van der Waals surface area contributed by atoms with E-state index in [9.17, 15) is 0 Å². The zero-order valence-corrected chi connectivity index (χ0v) is 17.3. The lowest BCUT2D eigenvalue weighted by Crippen LogP contribution is -2.43. The standard InChI is InChI=1S/C22H27N5S/c1-26(2)20-9-8-17(14-24-20)15-27-12-10-22(11-13-27,18-6-4-3-5-7-18)19-16-28-21(23)25-19/h3-9,14,16H,10-13,15H2,1-2H3,(H2,23,25). The van der Waals surface area contributed by atoms with Gasteiger partial charge >= 0.3 is 0 Å². The molecule has 2 aromatic heterocycles. The van der Waals surface area contributed by atoms with Crippen LogP contribution in [0.2, 0.25) is 0 Å². The van der Waals surface area contributed by atoms with E-state index in [4.69, 9.17) is 5.73 Å². The minimum atomic E-state index is -0.0427. The molecule has 5 nitrogen and oxygen atoms in total. The number of nitrogens with zero attached hydrogens (tertiary/aromatic N) is 4. The molecule has 3 heterocycles. The lowest BCUT2D eigenvalue weighted by Gasteiger charge is -2.41. The fourth-order valence-corrected chi connectivity index (χ4v) is 4.74. The molecular formula is C22H27N5S. The van der Waals surface area contributed by atoms with Crippen molar-refractivity contribution in [3.63, 3.8) is 0 Å². The number of aromatic nitrogens is 2. The van der Waals surface area contributed by atoms with Gasteiger partial charge in [0.25, 0.3) is 0 Å². The topological polar surface area (TPSA) is 58.3 Å². The van der Waals surface area contributed by atoms with E-state index in [2.05, 4.69) is 62.7 Å². The fourth-order valence-electron chi connectivity index (χ4n) is 4.08. The highest BCUT2D eigenvalue weighted by atomic mass is 32.1. The average molecular weight is 394 g/mol. The Balaban J connectivity index is 1.51. The Morgan fingerprint density at radius 3 is 2.43 bits per heavy atom. The highest BCUT2D eigenvalue weighted by Gasteiger charge is 2.39. The molecule has 1 fully saturated rings. The molecule has 0 bridgehead atoms. The quantitative estimate of drug-likeness (QED) is 0.715. The Hall–Kier alpha value is -2.44. The number of nitrogens with two attached hydrogens (primary N) is 1. The van der Waals surface area contributed by atoms with Crippen molar-refractivity contribution in [3.05, 3.63) is 70.9 Å². The van der Waals surface area contributed by atoms with Crippen molar-refractivity contribution >= 4 is 22.3 Å². The van der Waals surface area contributed by atoms with Crippen LogP contribution < -0.4 is 10.6 Å². The summed E-state index contributed by atoms with van der Waals surface area (Å²) in [4.78, 5) is 13.8. The fraction of sp³-hybridized carbons (Fsp3) is 0.364. The summed E-state index contributed by atoms with van der Waals surface area (Å²) in [6, 6.07) is 15.1. The predicted molar refractivity (Wildman–Crippen MR) is 117 cm³/mol. The van der Waals surface area contributed by atoms with Gasteiger partial charge in [-0.15, -0.1) is 11.3 Å². The smallest absolute Gasteiger partial charge is 0.180 e. The second-order valence-corrected chi connectivity index (χ2v) is 8.60. The second kappa shape index (κ2) is 7.89. The molecule has 0 atom stereocenters. The Labute approximate surface area is 170 Å². The van der Waals surface area contributed by atoms with E-state index in [-0.39, 0.29) is 5.41 Å². The van der Waals surface area contributed by atoms with Crippen LogP contribution >= 0.6 is 11.3 Å². The molecule has 28 heavy (non-hydrogen) atoms. The van der Waals surface area contributed by atoms with Gasteiger partial charge in [0.1, 0.15) is 5.82 Å². The molecule has 3 aromatic rings. The van der Waals surface area contributed by atoms with E-state index in [0.717, 1.165) is 44.0 Å². The first-order valence-corrected chi connectivity index (χ1v) is 10.6. The minimum Gasteiger partial charge on any atom is -0.375 e. The van der Waals surface area contributed by atoms with Crippen molar-refractivity contribution in [3.8, 4) is 0 Å². The lowest BCUT2D eigenvalue weighted by molar-refractivity contribution is 0.170. The molecular weight excluding hydrogens is 366 g/mol. The zero-order valence-electron chi connectivity index (χ0n) is 16.5. The monoisotopic (exact) mass is 393 g/mol. The van der Waals surface area contributed by atoms with Crippen molar-refractivity contribution in [2.75, 3.05) is 37.8 Å². The minimum absolute atomic E-state index is 0.0427. The third kappa shape index (κ3) is 3.75. The molecule has 0 amide bonds. The molecule has 1 aliphatic heterocycles. The van der Waals surface area contributed by atoms with Gasteiger partial charge in [0, 0.05) is 37.6 Å². The summed E-state index contributed by atoms with van der Waals surface area (Å²) >= 11 is 1.54. The molecule has 6 heteroatoms. The number of benzene rings is 1. The van der Waals surface area contributed by atoms with Crippen molar-refractivity contribution in [1.82, 2.24) is 14.9 Å². The molecule has 1 aromatic carbocycles. The third-order valence-electron chi connectivity index (χ3n) is 5.72. The normalized spacial score (nSPS) is 16.8. The van der Waals surface area contributed by atoms with Crippen molar-refractivity contribution in [2.45, 2.75) is 24.8 Å². The van der Waals surface area contributed by atoms with Gasteiger partial charge in [-0.3, -0.25) is 4.90 Å². The number of thiazole rings is 1. The SMILES string of the molecule is CN(C)c1ccc(CN2CCC(c3ccccc3)(c3csc(N)n3)CC2)cn1. The molecule has 0 saturated carbocycles. The van der Waals surface area contributed by atoms with Gasteiger partial charge in [0.15, 0.2) is 5.13 Å². The molecule has 0 aliphatic carbocycles. The van der Waals surface area contributed by atoms with Gasteiger partial charge in [-0.05, 0) is 43.1 Å². The van der Waals surface area contributed by atoms with Crippen LogP contribution in [0, 0.1) is 0 Å². The molecule has 0 spiro atoms. The number of pyridine rings is 1. The number of likely N-dealkylation sites (tertiary alicyclic amines) is 1. The summed E-state index contributed by atoms with van der Waals surface area (Å²) in [5.41, 5.74) is 9.66. The first kappa shape index (κ1) is 18.9. The van der Waals surface area contributed by atoms with E-state index in [1.807, 2.05) is 25.2 Å². The maximum absolute atomic E-state index is 5.97. The summed E-state index contributed by atoms with van der Waals surface area (Å²) in [5, 5.41) is 2.79. The third-order valence-corrected chi connectivity index (χ3v) is 6.40. The zero-order chi connectivity index (χ0) is 19.6. The Bertz CT molecular complexity index is 896. The van der Waals surface area contributed by atoms with Crippen LogP contribution in [0.5, 0.6) is 0 Å². The van der Waals surface area contributed by atoms with E-state index in [0.29, 0.717) is 5.13 Å². The maximum atomic E-state index is 5.97. The number of piperidine rings is 1. The predicted octanol–water partition coefficient (Wildman–Crippen LogP) is 3.77. The van der Waals surface area contributed by atoms with E-state index < -0.39 is 0 Å². The molecule has 1 aliphatic rings. The molecule has 0 radical (unpaired) electrons. The Morgan fingerprint density at radius 1 is 1.11 bits per heavy atom. The first-order chi connectivity index (χ1) is 13.6. The molecule has 146 valence electrons. The van der Waals surface area contributed by atoms with Gasteiger partial charge in [-0.1, -0.05) is 36.4 Å². The van der Waals surface area contributed by atoms with Crippen LogP contribution in [0.1, 0.15) is 29.7 Å². The Morgan fingerprint density at radius 2 is 1.86 bits per heavy atom. The summed E-state index contributed by atoms with van der Waals surface area (Å²) < 4.78 is 0. The maximum Gasteiger partial charge on any atom is 0.180 e. The largest absolute Gasteiger partial charge is 0.375 e. The summed E-state index contributed by atoms with van der Waals surface area (Å²) in [6.07, 6.45) is 4.09. The van der Waals surface area contributed by atoms with Crippen LogP contribution in [-0.4, -0.2) is 42.1 Å². The first-order valence-electron chi connectivity index (χ1n) is 9.68. The average Bonchev–Trinajstić information content (AvgIpc) is 3.17. The van der Waals surface area contributed by atoms with Gasteiger partial charge in [0.2, 0.25) is 0 Å². The molecule has 2 N–H and O–H groups in total. The highest BCUT2D eigenvalue weighted by molar-refractivity contribution is 7.13. The van der Waals surface area contributed by atoms with Crippen molar-refractivity contribution < 1.29 is 0 Å². The van der Waals surface area contributed by atoms with Crippen LogP contribution in [0.25, 0.3) is 0 Å². The Kier molecular flexibility index (Phi) is 5.33. The number of anilines is 2. The molecule has 1 saturated heterocycles. The van der Waals surface area contributed by atoms with Crippen molar-refractivity contribution in [2.24, 2.45) is 0 Å². The lowest BCUT2D eigenvalue weighted by atomic mass is 9.70. The van der Waals surface area contributed by atoms with Gasteiger partial charge in [-0.2, -0.15) is 0 Å². The highest BCUT2D eigenvalue weighted by Crippen LogP contribution is 2.42. The van der Waals surface area contributed by atoms with E-state index >= 15 is 0 Å². The summed E-state index contributed by atoms with van der Waals surface area (Å²) in [6.45, 7) is 2.99. The number of rotatable bonds is 5. The van der Waals surface area contributed by atoms with E-state index in [1.54, 1.807) is 0 Å². The van der Waals surface area contributed by atoms with Gasteiger partial charge in [-0.25, -0.2) is 9.97 Å². The van der Waals surface area contributed by atoms with Crippen LogP contribution in [0.3, 0.4) is 0 Å². The summed E-state index contributed by atoms with van der Waals surface area (Å²) in [5.74, 6) is 0.992. The second-order valence-electron chi connectivity index (χ2n) is 7.71. The molecule has 4 rings (SSSR count). The van der Waals surface area contributed by atoms with Crippen LogP contribution in [0.4, 0.5) is 10.9 Å². The van der Waals surface area contributed by atoms with Gasteiger partial charge in [0.05, 0.1) is 5.69 Å². The van der Waals surface area contributed by atoms with Crippen LogP contribution in [-0.2, 0) is 12.0 Å². The number of hydrogen-bond acceptors (Lipinski definition) is 6.